The molecule has 1 saturated carbocycles. The fourth-order valence-corrected chi connectivity index (χ4v) is 4.09. The largest absolute Gasteiger partial charge is 0.294 e. The molecule has 0 unspecified atom stereocenters. The monoisotopic (exact) mass is 342 g/mol. The van der Waals surface area contributed by atoms with Crippen molar-refractivity contribution in [1.29, 1.82) is 0 Å². The van der Waals surface area contributed by atoms with Crippen molar-refractivity contribution < 1.29 is 14.4 Å². The van der Waals surface area contributed by atoms with Gasteiger partial charge in [0.2, 0.25) is 17.7 Å². The van der Waals surface area contributed by atoms with Gasteiger partial charge in [0.05, 0.1) is 11.8 Å². The van der Waals surface area contributed by atoms with Crippen LogP contribution < -0.4 is 4.90 Å². The van der Waals surface area contributed by atoms with Crippen LogP contribution in [-0.2, 0) is 14.4 Å². The highest BCUT2D eigenvalue weighted by Crippen LogP contribution is 2.40. The van der Waals surface area contributed by atoms with Crippen molar-refractivity contribution in [1.82, 2.24) is 4.90 Å². The first-order valence-electron chi connectivity index (χ1n) is 9.00. The van der Waals surface area contributed by atoms with E-state index in [1.54, 1.807) is 4.90 Å². The Labute approximate surface area is 149 Å². The second kappa shape index (κ2) is 6.62. The van der Waals surface area contributed by atoms with Gasteiger partial charge in [0.25, 0.3) is 0 Å². The summed E-state index contributed by atoms with van der Waals surface area (Å²) in [5, 5.41) is 0. The highest BCUT2D eigenvalue weighted by Gasteiger charge is 2.49. The SMILES string of the molecule is CC(=O)N(CN1C(=O)[C@H]2CC[C@@H](C)C[C@@H]2C1=O)c1cc(C)ccc1C. The number of likely N-dealkylation sites (tertiary alicyclic amines) is 1. The summed E-state index contributed by atoms with van der Waals surface area (Å²) in [5.41, 5.74) is 2.75. The van der Waals surface area contributed by atoms with Crippen molar-refractivity contribution in [3.8, 4) is 0 Å². The molecule has 0 N–H and O–H groups in total. The molecule has 2 fully saturated rings. The summed E-state index contributed by atoms with van der Waals surface area (Å²) in [5.74, 6) is -0.324. The lowest BCUT2D eigenvalue weighted by Crippen LogP contribution is -2.44. The fraction of sp³-hybridized carbons (Fsp3) is 0.550. The zero-order valence-corrected chi connectivity index (χ0v) is 15.4. The number of imide groups is 1. The molecular weight excluding hydrogens is 316 g/mol. The molecule has 3 rings (SSSR count). The number of aryl methyl sites for hydroxylation is 2. The normalized spacial score (nSPS) is 25.9. The van der Waals surface area contributed by atoms with E-state index in [1.807, 2.05) is 32.0 Å². The van der Waals surface area contributed by atoms with Gasteiger partial charge in [0, 0.05) is 12.6 Å². The van der Waals surface area contributed by atoms with E-state index in [9.17, 15) is 14.4 Å². The molecule has 0 radical (unpaired) electrons. The number of hydrogen-bond acceptors (Lipinski definition) is 3. The molecule has 1 saturated heterocycles. The maximum absolute atomic E-state index is 12.8. The molecule has 134 valence electrons. The first-order valence-corrected chi connectivity index (χ1v) is 9.00. The molecule has 0 aromatic heterocycles. The van der Waals surface area contributed by atoms with Gasteiger partial charge < -0.3 is 0 Å². The molecule has 3 atom stereocenters. The van der Waals surface area contributed by atoms with Gasteiger partial charge in [-0.15, -0.1) is 0 Å². The molecule has 1 aliphatic heterocycles. The van der Waals surface area contributed by atoms with E-state index in [-0.39, 0.29) is 36.2 Å². The minimum atomic E-state index is -0.205. The van der Waals surface area contributed by atoms with Crippen LogP contribution in [0.1, 0.15) is 44.2 Å². The lowest BCUT2D eigenvalue weighted by atomic mass is 9.76. The summed E-state index contributed by atoms with van der Waals surface area (Å²) in [6, 6.07) is 5.87. The van der Waals surface area contributed by atoms with Crippen molar-refractivity contribution >= 4 is 23.4 Å². The number of fused-ring (bicyclic) bond motifs is 1. The Kier molecular flexibility index (Phi) is 4.67. The van der Waals surface area contributed by atoms with Crippen molar-refractivity contribution in [3.63, 3.8) is 0 Å². The number of anilines is 1. The van der Waals surface area contributed by atoms with Gasteiger partial charge in [0.15, 0.2) is 0 Å². The van der Waals surface area contributed by atoms with Gasteiger partial charge in [-0.25, -0.2) is 0 Å². The van der Waals surface area contributed by atoms with Crippen LogP contribution in [0.25, 0.3) is 0 Å². The van der Waals surface area contributed by atoms with Crippen LogP contribution in [0.3, 0.4) is 0 Å². The van der Waals surface area contributed by atoms with Gasteiger partial charge in [-0.2, -0.15) is 0 Å². The van der Waals surface area contributed by atoms with Gasteiger partial charge >= 0.3 is 0 Å². The van der Waals surface area contributed by atoms with Crippen LogP contribution in [-0.4, -0.2) is 29.3 Å². The Bertz CT molecular complexity index is 728. The number of amides is 3. The maximum Gasteiger partial charge on any atom is 0.234 e. The number of benzene rings is 1. The summed E-state index contributed by atoms with van der Waals surface area (Å²) in [6.45, 7) is 7.51. The van der Waals surface area contributed by atoms with Crippen LogP contribution in [0.4, 0.5) is 5.69 Å². The third kappa shape index (κ3) is 3.20. The molecule has 0 bridgehead atoms. The minimum Gasteiger partial charge on any atom is -0.294 e. The quantitative estimate of drug-likeness (QED) is 0.793. The Morgan fingerprint density at radius 1 is 1.16 bits per heavy atom. The number of nitrogens with zero attached hydrogens (tertiary/aromatic N) is 2. The van der Waals surface area contributed by atoms with E-state index in [4.69, 9.17) is 0 Å². The van der Waals surface area contributed by atoms with E-state index in [0.29, 0.717) is 5.92 Å². The van der Waals surface area contributed by atoms with Gasteiger partial charge in [-0.1, -0.05) is 19.1 Å². The molecule has 1 heterocycles. The molecule has 3 amide bonds. The first-order chi connectivity index (χ1) is 11.8. The number of carbonyl (C=O) groups is 3. The van der Waals surface area contributed by atoms with E-state index in [1.165, 1.54) is 11.8 Å². The Hall–Kier alpha value is -2.17. The molecule has 1 aromatic carbocycles. The molecular formula is C20H26N2O3. The third-order valence-corrected chi connectivity index (χ3v) is 5.60. The number of carbonyl (C=O) groups excluding carboxylic acids is 3. The van der Waals surface area contributed by atoms with Crippen molar-refractivity contribution in [2.45, 2.75) is 47.0 Å². The highest BCUT2D eigenvalue weighted by atomic mass is 16.2. The predicted octanol–water partition coefficient (Wildman–Crippen LogP) is 3.04. The van der Waals surface area contributed by atoms with E-state index >= 15 is 0 Å². The number of hydrogen-bond donors (Lipinski definition) is 0. The smallest absolute Gasteiger partial charge is 0.234 e. The Morgan fingerprint density at radius 2 is 1.84 bits per heavy atom. The lowest BCUT2D eigenvalue weighted by molar-refractivity contribution is -0.140. The van der Waals surface area contributed by atoms with Crippen LogP contribution in [0.15, 0.2) is 18.2 Å². The van der Waals surface area contributed by atoms with Crippen LogP contribution in [0.2, 0.25) is 0 Å². The van der Waals surface area contributed by atoms with E-state index < -0.39 is 0 Å². The highest BCUT2D eigenvalue weighted by molar-refractivity contribution is 6.06. The van der Waals surface area contributed by atoms with Gasteiger partial charge in [-0.05, 0) is 56.2 Å². The van der Waals surface area contributed by atoms with Gasteiger partial charge in [-0.3, -0.25) is 24.2 Å². The van der Waals surface area contributed by atoms with Crippen LogP contribution in [0, 0.1) is 31.6 Å². The zero-order chi connectivity index (χ0) is 18.3. The summed E-state index contributed by atoms with van der Waals surface area (Å²) in [4.78, 5) is 40.7. The van der Waals surface area contributed by atoms with Crippen LogP contribution >= 0.6 is 0 Å². The standard InChI is InChI=1S/C20H26N2O3/c1-12-6-8-16-17(9-12)20(25)22(19(16)24)11-21(15(4)23)18-10-13(2)5-7-14(18)3/h5,7,10,12,16-17H,6,8-9,11H2,1-4H3/t12-,16+,17+/m1/s1. The second-order valence-corrected chi connectivity index (χ2v) is 7.61. The molecule has 1 aliphatic carbocycles. The number of rotatable bonds is 3. The molecule has 5 heteroatoms. The van der Waals surface area contributed by atoms with Crippen molar-refractivity contribution in [2.24, 2.45) is 17.8 Å². The molecule has 2 aliphatic rings. The topological polar surface area (TPSA) is 57.7 Å². The molecule has 25 heavy (non-hydrogen) atoms. The summed E-state index contributed by atoms with van der Waals surface area (Å²) in [7, 11) is 0. The third-order valence-electron chi connectivity index (χ3n) is 5.60. The average Bonchev–Trinajstić information content (AvgIpc) is 2.78. The van der Waals surface area contributed by atoms with Crippen LogP contribution in [0.5, 0.6) is 0 Å². The van der Waals surface area contributed by atoms with E-state index in [2.05, 4.69) is 6.92 Å². The zero-order valence-electron chi connectivity index (χ0n) is 15.4. The summed E-state index contributed by atoms with van der Waals surface area (Å²) >= 11 is 0. The maximum atomic E-state index is 12.8. The van der Waals surface area contributed by atoms with Gasteiger partial charge in [0.1, 0.15) is 6.67 Å². The second-order valence-electron chi connectivity index (χ2n) is 7.61. The minimum absolute atomic E-state index is 0.0126. The average molecular weight is 342 g/mol. The Balaban J connectivity index is 1.88. The molecule has 5 nitrogen and oxygen atoms in total. The van der Waals surface area contributed by atoms with Crippen molar-refractivity contribution in [3.05, 3.63) is 29.3 Å². The summed E-state index contributed by atoms with van der Waals surface area (Å²) < 4.78 is 0. The molecule has 0 spiro atoms. The first kappa shape index (κ1) is 17.6. The summed E-state index contributed by atoms with van der Waals surface area (Å²) in [6.07, 6.45) is 2.53. The Morgan fingerprint density at radius 3 is 2.52 bits per heavy atom. The lowest BCUT2D eigenvalue weighted by Gasteiger charge is -2.28. The predicted molar refractivity (Wildman–Crippen MR) is 95.8 cm³/mol. The fourth-order valence-electron chi connectivity index (χ4n) is 4.09. The van der Waals surface area contributed by atoms with Crippen molar-refractivity contribution in [2.75, 3.05) is 11.6 Å². The molecule has 1 aromatic rings. The van der Waals surface area contributed by atoms with E-state index in [0.717, 1.165) is 36.1 Å².